The van der Waals surface area contributed by atoms with Gasteiger partial charge in [-0.25, -0.2) is 0 Å². The van der Waals surface area contributed by atoms with Gasteiger partial charge in [0.1, 0.15) is 0 Å². The van der Waals surface area contributed by atoms with E-state index >= 15 is 0 Å². The summed E-state index contributed by atoms with van der Waals surface area (Å²) < 4.78 is 0.374. The van der Waals surface area contributed by atoms with E-state index in [0.29, 0.717) is 4.47 Å². The molecule has 2 fully saturated rings. The second-order valence-corrected chi connectivity index (χ2v) is 7.61. The summed E-state index contributed by atoms with van der Waals surface area (Å²) in [5, 5.41) is 25.8. The minimum atomic E-state index is -0.721. The van der Waals surface area contributed by atoms with E-state index in [-0.39, 0.29) is 41.0 Å². The number of nitro benzene ring substituents is 1. The number of carbonyl (C=O) groups is 2. The van der Waals surface area contributed by atoms with Crippen molar-refractivity contribution in [1.29, 1.82) is 0 Å². The van der Waals surface area contributed by atoms with Crippen LogP contribution < -0.4 is 0 Å². The van der Waals surface area contributed by atoms with Gasteiger partial charge in [-0.1, -0.05) is 28.1 Å². The van der Waals surface area contributed by atoms with Crippen LogP contribution in [0, 0.1) is 33.8 Å². The molecular formula is C17H14BrN3O5. The fraction of sp³-hybridized carbons (Fsp3) is 0.353. The fourth-order valence-corrected chi connectivity index (χ4v) is 4.60. The molecule has 9 heteroatoms. The van der Waals surface area contributed by atoms with E-state index in [1.165, 1.54) is 6.07 Å². The van der Waals surface area contributed by atoms with Gasteiger partial charge in [-0.15, -0.1) is 0 Å². The number of hydrogen-bond donors (Lipinski definition) is 1. The van der Waals surface area contributed by atoms with E-state index in [1.54, 1.807) is 0 Å². The zero-order valence-corrected chi connectivity index (χ0v) is 15.0. The number of carbonyl (C=O) groups excluding carboxylic acids is 2. The first-order valence-corrected chi connectivity index (χ1v) is 8.95. The third-order valence-electron chi connectivity index (χ3n) is 5.33. The molecule has 1 aliphatic heterocycles. The largest absolute Gasteiger partial charge is 0.502 e. The summed E-state index contributed by atoms with van der Waals surface area (Å²) in [6.45, 7) is 0. The number of nitro groups is 1. The number of rotatable bonds is 3. The maximum Gasteiger partial charge on any atom is 0.312 e. The molecule has 26 heavy (non-hydrogen) atoms. The number of imide groups is 1. The van der Waals surface area contributed by atoms with Crippen LogP contribution in [0.2, 0.25) is 0 Å². The first-order chi connectivity index (χ1) is 12.4. The molecule has 3 aliphatic carbocycles. The lowest BCUT2D eigenvalue weighted by Crippen LogP contribution is -2.38. The summed E-state index contributed by atoms with van der Waals surface area (Å²) in [7, 11) is 0. The summed E-state index contributed by atoms with van der Waals surface area (Å²) in [6.07, 6.45) is 6.90. The average molecular weight is 420 g/mol. The Bertz CT molecular complexity index is 865. The van der Waals surface area contributed by atoms with Crippen molar-refractivity contribution in [3.63, 3.8) is 0 Å². The summed E-state index contributed by atoms with van der Waals surface area (Å²) in [6, 6.07) is 2.59. The van der Waals surface area contributed by atoms with Crippen molar-refractivity contribution in [2.75, 3.05) is 0 Å². The average Bonchev–Trinajstić information content (AvgIpc) is 2.89. The van der Waals surface area contributed by atoms with E-state index in [4.69, 9.17) is 0 Å². The summed E-state index contributed by atoms with van der Waals surface area (Å²) in [5.74, 6) is -1.91. The maximum absolute atomic E-state index is 12.7. The summed E-state index contributed by atoms with van der Waals surface area (Å²) >= 11 is 3.13. The van der Waals surface area contributed by atoms with Crippen LogP contribution in [0.3, 0.4) is 0 Å². The van der Waals surface area contributed by atoms with Crippen LogP contribution in [-0.4, -0.2) is 33.1 Å². The van der Waals surface area contributed by atoms with Gasteiger partial charge in [0.05, 0.1) is 23.0 Å². The number of fused-ring (bicyclic) bond motifs is 1. The van der Waals surface area contributed by atoms with E-state index in [1.807, 2.05) is 12.2 Å². The molecule has 2 amide bonds. The van der Waals surface area contributed by atoms with E-state index in [0.717, 1.165) is 30.1 Å². The lowest BCUT2D eigenvalue weighted by atomic mass is 9.63. The molecule has 0 unspecified atom stereocenters. The standard InChI is InChI=1S/C17H14BrN3O5/c18-11-5-10(15(22)12(6-11)21(25)26)7-19-20-16(23)13-8-1-2-9(4-3-8)14(13)17(20)24/h1-2,5-9,13-14,22H,3-4H2/b19-7-/t8-,9-,13-,14+/m1/s1. The molecule has 4 aliphatic rings. The molecular weight excluding hydrogens is 406 g/mol. The maximum atomic E-state index is 12.7. The molecule has 1 N–H and O–H groups in total. The van der Waals surface area contributed by atoms with Crippen molar-refractivity contribution in [3.8, 4) is 5.75 Å². The third kappa shape index (κ3) is 2.45. The topological polar surface area (TPSA) is 113 Å². The van der Waals surface area contributed by atoms with Gasteiger partial charge in [-0.2, -0.15) is 10.1 Å². The van der Waals surface area contributed by atoms with Crippen LogP contribution in [0.1, 0.15) is 18.4 Å². The number of amides is 2. The number of hydrazone groups is 1. The van der Waals surface area contributed by atoms with Crippen LogP contribution in [-0.2, 0) is 9.59 Å². The molecule has 1 heterocycles. The Labute approximate surface area is 156 Å². The minimum absolute atomic E-state index is 0.0441. The molecule has 0 spiro atoms. The van der Waals surface area contributed by atoms with Crippen LogP contribution in [0.15, 0.2) is 33.9 Å². The Morgan fingerprint density at radius 3 is 2.27 bits per heavy atom. The fourth-order valence-electron chi connectivity index (χ4n) is 4.14. The number of phenols is 1. The number of hydrogen-bond acceptors (Lipinski definition) is 6. The van der Waals surface area contributed by atoms with Crippen LogP contribution >= 0.6 is 15.9 Å². The lowest BCUT2D eigenvalue weighted by molar-refractivity contribution is -0.385. The Morgan fingerprint density at radius 2 is 1.77 bits per heavy atom. The predicted molar refractivity (Wildman–Crippen MR) is 94.2 cm³/mol. The molecule has 1 aromatic carbocycles. The monoisotopic (exact) mass is 419 g/mol. The highest BCUT2D eigenvalue weighted by Crippen LogP contribution is 2.49. The van der Waals surface area contributed by atoms with Gasteiger partial charge >= 0.3 is 5.69 Å². The van der Waals surface area contributed by atoms with Crippen molar-refractivity contribution in [1.82, 2.24) is 5.01 Å². The van der Waals surface area contributed by atoms with Gasteiger partial charge in [-0.05, 0) is 30.7 Å². The highest BCUT2D eigenvalue weighted by molar-refractivity contribution is 9.10. The van der Waals surface area contributed by atoms with Gasteiger partial charge in [0.15, 0.2) is 0 Å². The van der Waals surface area contributed by atoms with Crippen molar-refractivity contribution in [2.45, 2.75) is 12.8 Å². The number of aromatic hydroxyl groups is 1. The van der Waals surface area contributed by atoms with Gasteiger partial charge in [0.25, 0.3) is 11.8 Å². The summed E-state index contributed by atoms with van der Waals surface area (Å²) in [5.41, 5.74) is -0.446. The summed E-state index contributed by atoms with van der Waals surface area (Å²) in [4.78, 5) is 35.6. The van der Waals surface area contributed by atoms with Crippen LogP contribution in [0.25, 0.3) is 0 Å². The van der Waals surface area contributed by atoms with Crippen LogP contribution in [0.5, 0.6) is 5.75 Å². The van der Waals surface area contributed by atoms with E-state index < -0.39 is 16.4 Å². The highest BCUT2D eigenvalue weighted by atomic mass is 79.9. The molecule has 1 saturated carbocycles. The van der Waals surface area contributed by atoms with E-state index in [9.17, 15) is 24.8 Å². The Balaban J connectivity index is 1.65. The lowest BCUT2D eigenvalue weighted by Gasteiger charge is -2.37. The van der Waals surface area contributed by atoms with Crippen molar-refractivity contribution in [3.05, 3.63) is 44.4 Å². The van der Waals surface area contributed by atoms with Crippen molar-refractivity contribution in [2.24, 2.45) is 28.8 Å². The number of halogens is 1. The molecule has 8 nitrogen and oxygen atoms in total. The zero-order chi connectivity index (χ0) is 18.6. The number of phenolic OH excluding ortho intramolecular Hbond substituents is 1. The molecule has 0 radical (unpaired) electrons. The second-order valence-electron chi connectivity index (χ2n) is 6.69. The number of allylic oxidation sites excluding steroid dienone is 2. The van der Waals surface area contributed by atoms with Gasteiger partial charge < -0.3 is 5.11 Å². The first kappa shape index (κ1) is 16.9. The molecule has 0 aromatic heterocycles. The smallest absolute Gasteiger partial charge is 0.312 e. The number of benzene rings is 1. The molecule has 1 aromatic rings. The minimum Gasteiger partial charge on any atom is -0.502 e. The normalized spacial score (nSPS) is 29.7. The first-order valence-electron chi connectivity index (χ1n) is 8.15. The van der Waals surface area contributed by atoms with Crippen molar-refractivity contribution < 1.29 is 19.6 Å². The number of nitrogens with zero attached hydrogens (tertiary/aromatic N) is 3. The quantitative estimate of drug-likeness (QED) is 0.266. The van der Waals surface area contributed by atoms with Crippen molar-refractivity contribution >= 4 is 39.6 Å². The molecule has 5 rings (SSSR count). The van der Waals surface area contributed by atoms with Gasteiger partial charge in [0.2, 0.25) is 5.75 Å². The Morgan fingerprint density at radius 1 is 1.19 bits per heavy atom. The van der Waals surface area contributed by atoms with Gasteiger partial charge in [-0.3, -0.25) is 19.7 Å². The Kier molecular flexibility index (Phi) is 3.91. The zero-order valence-electron chi connectivity index (χ0n) is 13.4. The Hall–Kier alpha value is -2.55. The van der Waals surface area contributed by atoms with Crippen LogP contribution in [0.4, 0.5) is 5.69 Å². The predicted octanol–water partition coefficient (Wildman–Crippen LogP) is 2.59. The van der Waals surface area contributed by atoms with Gasteiger partial charge in [0, 0.05) is 16.1 Å². The second kappa shape index (κ2) is 6.01. The molecule has 2 bridgehead atoms. The SMILES string of the molecule is O=C1[C@@H]2[C@H](C(=O)N1/N=C\c1cc(Br)cc([N+](=O)[O-])c1O)[C@@H]1C=C[C@@H]2CC1. The molecule has 1 saturated heterocycles. The molecule has 134 valence electrons. The highest BCUT2D eigenvalue weighted by Gasteiger charge is 2.56. The third-order valence-corrected chi connectivity index (χ3v) is 5.79. The van der Waals surface area contributed by atoms with E-state index in [2.05, 4.69) is 21.0 Å². The molecule has 4 atom stereocenters.